The lowest BCUT2D eigenvalue weighted by molar-refractivity contribution is -0.0733. The molecule has 1 aromatic rings. The van der Waals surface area contributed by atoms with Gasteiger partial charge in [0.1, 0.15) is 0 Å². The van der Waals surface area contributed by atoms with Crippen LogP contribution in [0.2, 0.25) is 0 Å². The molecule has 0 spiro atoms. The summed E-state index contributed by atoms with van der Waals surface area (Å²) in [4.78, 5) is 11.3. The number of nitrogens with zero attached hydrogens (tertiary/aromatic N) is 1. The van der Waals surface area contributed by atoms with Crippen molar-refractivity contribution in [2.45, 2.75) is 38.8 Å². The van der Waals surface area contributed by atoms with E-state index < -0.39 is 5.60 Å². The number of pyridine rings is 1. The number of hydrogen-bond acceptors (Lipinski definition) is 3. The molecule has 0 aliphatic carbocycles. The van der Waals surface area contributed by atoms with E-state index in [4.69, 9.17) is 4.74 Å². The largest absolute Gasteiger partial charge is 0.388 e. The maximum absolute atomic E-state index is 11.3. The van der Waals surface area contributed by atoms with Crippen molar-refractivity contribution in [3.05, 3.63) is 33.7 Å². The van der Waals surface area contributed by atoms with Crippen LogP contribution in [0.5, 0.6) is 0 Å². The van der Waals surface area contributed by atoms with Crippen molar-refractivity contribution in [1.82, 2.24) is 4.57 Å². The zero-order valence-electron chi connectivity index (χ0n) is 10.4. The molecule has 1 saturated heterocycles. The lowest BCUT2D eigenvalue weighted by Crippen LogP contribution is -2.41. The number of aromatic nitrogens is 1. The monoisotopic (exact) mass is 237 g/mol. The fraction of sp³-hybridized carbons (Fsp3) is 0.615. The van der Waals surface area contributed by atoms with Gasteiger partial charge in [-0.2, -0.15) is 0 Å². The van der Waals surface area contributed by atoms with Gasteiger partial charge in [0.2, 0.25) is 0 Å². The van der Waals surface area contributed by atoms with E-state index in [9.17, 15) is 9.90 Å². The highest BCUT2D eigenvalue weighted by molar-refractivity contribution is 5.13. The molecule has 0 unspecified atom stereocenters. The maximum atomic E-state index is 11.3. The van der Waals surface area contributed by atoms with Crippen LogP contribution in [0.25, 0.3) is 0 Å². The third-order valence-corrected chi connectivity index (χ3v) is 3.43. The second kappa shape index (κ2) is 4.63. The van der Waals surface area contributed by atoms with Crippen molar-refractivity contribution in [1.29, 1.82) is 0 Å². The first-order valence-electron chi connectivity index (χ1n) is 5.98. The lowest BCUT2D eigenvalue weighted by Gasteiger charge is -2.34. The number of rotatable bonds is 2. The SMILES string of the molecule is Cc1cc(=O)cc(C)n1CC1(O)CCOCC1. The number of hydrogen-bond donors (Lipinski definition) is 1. The third kappa shape index (κ3) is 2.76. The van der Waals surface area contributed by atoms with Gasteiger partial charge in [-0.05, 0) is 13.8 Å². The molecule has 0 atom stereocenters. The first-order chi connectivity index (χ1) is 8.00. The molecule has 1 aliphatic heterocycles. The van der Waals surface area contributed by atoms with Crippen molar-refractivity contribution in [2.75, 3.05) is 13.2 Å². The van der Waals surface area contributed by atoms with Gasteiger partial charge in [-0.25, -0.2) is 0 Å². The minimum Gasteiger partial charge on any atom is -0.388 e. The zero-order valence-corrected chi connectivity index (χ0v) is 10.4. The molecule has 0 aromatic carbocycles. The lowest BCUT2D eigenvalue weighted by atomic mass is 9.94. The Morgan fingerprint density at radius 2 is 1.82 bits per heavy atom. The van der Waals surface area contributed by atoms with Gasteiger partial charge in [0.05, 0.1) is 12.1 Å². The maximum Gasteiger partial charge on any atom is 0.182 e. The molecule has 2 heterocycles. The molecule has 0 radical (unpaired) electrons. The molecule has 4 nitrogen and oxygen atoms in total. The van der Waals surface area contributed by atoms with Crippen molar-refractivity contribution in [2.24, 2.45) is 0 Å². The molecule has 1 fully saturated rings. The van der Waals surface area contributed by atoms with Crippen molar-refractivity contribution >= 4 is 0 Å². The molecular weight excluding hydrogens is 218 g/mol. The smallest absolute Gasteiger partial charge is 0.182 e. The van der Waals surface area contributed by atoms with E-state index >= 15 is 0 Å². The van der Waals surface area contributed by atoms with E-state index in [1.54, 1.807) is 12.1 Å². The predicted octanol–water partition coefficient (Wildman–Crippen LogP) is 1.01. The first kappa shape index (κ1) is 12.3. The molecule has 4 heteroatoms. The minimum atomic E-state index is -0.706. The topological polar surface area (TPSA) is 51.5 Å². The fourth-order valence-corrected chi connectivity index (χ4v) is 2.34. The molecule has 1 aliphatic rings. The molecule has 1 aromatic heterocycles. The highest BCUT2D eigenvalue weighted by atomic mass is 16.5. The van der Waals surface area contributed by atoms with Gasteiger partial charge in [0.25, 0.3) is 0 Å². The van der Waals surface area contributed by atoms with Gasteiger partial charge in [0, 0.05) is 49.6 Å². The average Bonchev–Trinajstić information content (AvgIpc) is 2.24. The van der Waals surface area contributed by atoms with Crippen LogP contribution < -0.4 is 5.43 Å². The Balaban J connectivity index is 2.26. The Kier molecular flexibility index (Phi) is 3.35. The number of ether oxygens (including phenoxy) is 1. The number of aliphatic hydroxyl groups is 1. The predicted molar refractivity (Wildman–Crippen MR) is 65.2 cm³/mol. The molecule has 17 heavy (non-hydrogen) atoms. The second-order valence-corrected chi connectivity index (χ2v) is 4.90. The summed E-state index contributed by atoms with van der Waals surface area (Å²) in [5.74, 6) is 0. The van der Waals surface area contributed by atoms with Crippen LogP contribution in [0.1, 0.15) is 24.2 Å². The summed E-state index contributed by atoms with van der Waals surface area (Å²) in [5.41, 5.74) is 1.11. The van der Waals surface area contributed by atoms with Crippen molar-refractivity contribution in [3.8, 4) is 0 Å². The highest BCUT2D eigenvalue weighted by Crippen LogP contribution is 2.23. The van der Waals surface area contributed by atoms with Gasteiger partial charge < -0.3 is 14.4 Å². The van der Waals surface area contributed by atoms with Crippen LogP contribution in [0.3, 0.4) is 0 Å². The van der Waals surface area contributed by atoms with E-state index in [-0.39, 0.29) is 5.43 Å². The van der Waals surface area contributed by atoms with E-state index in [0.717, 1.165) is 11.4 Å². The van der Waals surface area contributed by atoms with E-state index in [0.29, 0.717) is 32.6 Å². The molecule has 2 rings (SSSR count). The van der Waals surface area contributed by atoms with Gasteiger partial charge in [-0.15, -0.1) is 0 Å². The highest BCUT2D eigenvalue weighted by Gasteiger charge is 2.30. The molecule has 0 amide bonds. The Bertz CT molecular complexity index is 432. The van der Waals surface area contributed by atoms with Gasteiger partial charge >= 0.3 is 0 Å². The Labute approximate surface area is 101 Å². The van der Waals surface area contributed by atoms with Gasteiger partial charge in [-0.3, -0.25) is 4.79 Å². The quantitative estimate of drug-likeness (QED) is 0.835. The van der Waals surface area contributed by atoms with Gasteiger partial charge in [-0.1, -0.05) is 0 Å². The summed E-state index contributed by atoms with van der Waals surface area (Å²) >= 11 is 0. The average molecular weight is 237 g/mol. The summed E-state index contributed by atoms with van der Waals surface area (Å²) < 4.78 is 7.27. The number of aryl methyl sites for hydroxylation is 2. The first-order valence-corrected chi connectivity index (χ1v) is 5.98. The van der Waals surface area contributed by atoms with Gasteiger partial charge in [0.15, 0.2) is 5.43 Å². The molecular formula is C13H19NO3. The second-order valence-electron chi connectivity index (χ2n) is 4.90. The van der Waals surface area contributed by atoms with Crippen LogP contribution >= 0.6 is 0 Å². The normalized spacial score (nSPS) is 19.2. The summed E-state index contributed by atoms with van der Waals surface area (Å²) in [6.07, 6.45) is 1.30. The van der Waals surface area contributed by atoms with E-state index in [2.05, 4.69) is 0 Å². The third-order valence-electron chi connectivity index (χ3n) is 3.43. The summed E-state index contributed by atoms with van der Waals surface area (Å²) in [6, 6.07) is 3.21. The summed E-state index contributed by atoms with van der Waals surface area (Å²) in [5, 5.41) is 10.5. The summed E-state index contributed by atoms with van der Waals surface area (Å²) in [7, 11) is 0. The molecule has 0 saturated carbocycles. The van der Waals surface area contributed by atoms with Crippen LogP contribution in [0.4, 0.5) is 0 Å². The standard InChI is InChI=1S/C13H19NO3/c1-10-7-12(15)8-11(2)14(10)9-13(16)3-5-17-6-4-13/h7-8,16H,3-6,9H2,1-2H3. The minimum absolute atomic E-state index is 0.0233. The Morgan fingerprint density at radius 1 is 1.29 bits per heavy atom. The molecule has 1 N–H and O–H groups in total. The van der Waals surface area contributed by atoms with Crippen LogP contribution in [0, 0.1) is 13.8 Å². The molecule has 94 valence electrons. The zero-order chi connectivity index (χ0) is 12.5. The van der Waals surface area contributed by atoms with E-state index in [1.807, 2.05) is 18.4 Å². The Morgan fingerprint density at radius 3 is 2.35 bits per heavy atom. The van der Waals surface area contributed by atoms with Crippen LogP contribution in [-0.2, 0) is 11.3 Å². The van der Waals surface area contributed by atoms with Crippen LogP contribution in [-0.4, -0.2) is 28.5 Å². The summed E-state index contributed by atoms with van der Waals surface area (Å²) in [6.45, 7) is 5.55. The molecule has 0 bridgehead atoms. The van der Waals surface area contributed by atoms with Crippen molar-refractivity contribution < 1.29 is 9.84 Å². The Hall–Kier alpha value is -1.13. The van der Waals surface area contributed by atoms with Crippen LogP contribution in [0.15, 0.2) is 16.9 Å². The van der Waals surface area contributed by atoms with Crippen molar-refractivity contribution in [3.63, 3.8) is 0 Å². The fourth-order valence-electron chi connectivity index (χ4n) is 2.34. The van der Waals surface area contributed by atoms with E-state index in [1.165, 1.54) is 0 Å².